The molecule has 0 fully saturated rings. The van der Waals surface area contributed by atoms with E-state index in [0.717, 1.165) is 32.5 Å². The second kappa shape index (κ2) is 10.2. The maximum atomic E-state index is 5.68. The Hall–Kier alpha value is -6.14. The van der Waals surface area contributed by atoms with Gasteiger partial charge in [0.2, 0.25) is 5.95 Å². The largest absolute Gasteiger partial charge is 0.277 e. The molecule has 0 amide bonds. The lowest BCUT2D eigenvalue weighted by Gasteiger charge is -2.14. The molecule has 4 aromatic heterocycles. The first-order valence-corrected chi connectivity index (χ1v) is 18.8. The van der Waals surface area contributed by atoms with Gasteiger partial charge in [-0.1, -0.05) is 127 Å². The Labute approximate surface area is 299 Å². The Morgan fingerprint density at radius 1 is 0.431 bits per heavy atom. The highest BCUT2D eigenvalue weighted by Gasteiger charge is 2.25. The minimum absolute atomic E-state index is 0.693. The molecule has 0 spiro atoms. The van der Waals surface area contributed by atoms with E-state index in [1.165, 1.54) is 73.3 Å². The zero-order valence-electron chi connectivity index (χ0n) is 27.1. The van der Waals surface area contributed by atoms with Crippen molar-refractivity contribution >= 4 is 117 Å². The SMILES string of the molecule is c1ccc2c(c1)cc(-c1nc(-n3c4ccccc4c4c5sc6ccccc6c5c5ccccc5c43)nc3sc4ccccc4c13)c1ccccc12. The molecule has 51 heavy (non-hydrogen) atoms. The smallest absolute Gasteiger partial charge is 0.236 e. The average molecular weight is 684 g/mol. The van der Waals surface area contributed by atoms with E-state index in [1.54, 1.807) is 11.3 Å². The summed E-state index contributed by atoms with van der Waals surface area (Å²) in [4.78, 5) is 12.2. The van der Waals surface area contributed by atoms with Crippen molar-refractivity contribution in [1.29, 1.82) is 0 Å². The first-order valence-electron chi connectivity index (χ1n) is 17.2. The van der Waals surface area contributed by atoms with Gasteiger partial charge in [0, 0.05) is 57.4 Å². The van der Waals surface area contributed by atoms with E-state index in [4.69, 9.17) is 9.97 Å². The van der Waals surface area contributed by atoms with Crippen LogP contribution in [0.1, 0.15) is 0 Å². The van der Waals surface area contributed by atoms with Crippen LogP contribution in [0.2, 0.25) is 0 Å². The molecule has 4 heterocycles. The summed E-state index contributed by atoms with van der Waals surface area (Å²) >= 11 is 3.63. The second-order valence-corrected chi connectivity index (χ2v) is 15.3. The van der Waals surface area contributed by atoms with Gasteiger partial charge >= 0.3 is 0 Å². The van der Waals surface area contributed by atoms with Gasteiger partial charge in [-0.3, -0.25) is 4.57 Å². The van der Waals surface area contributed by atoms with Crippen LogP contribution in [0.15, 0.2) is 152 Å². The van der Waals surface area contributed by atoms with Crippen LogP contribution in [0.3, 0.4) is 0 Å². The van der Waals surface area contributed by atoms with Crippen LogP contribution in [-0.2, 0) is 0 Å². The first kappa shape index (κ1) is 27.7. The first-order chi connectivity index (χ1) is 25.3. The van der Waals surface area contributed by atoms with Crippen LogP contribution in [-0.4, -0.2) is 14.5 Å². The summed E-state index contributed by atoms with van der Waals surface area (Å²) in [7, 11) is 0. The van der Waals surface area contributed by atoms with E-state index >= 15 is 0 Å². The van der Waals surface area contributed by atoms with Crippen LogP contribution >= 0.6 is 22.7 Å². The Kier molecular flexibility index (Phi) is 5.53. The van der Waals surface area contributed by atoms with Crippen molar-refractivity contribution in [3.8, 4) is 17.2 Å². The fourth-order valence-electron chi connectivity index (χ4n) is 8.49. The van der Waals surface area contributed by atoms with Gasteiger partial charge < -0.3 is 0 Å². The molecule has 12 rings (SSSR count). The van der Waals surface area contributed by atoms with Crippen molar-refractivity contribution in [3.63, 3.8) is 0 Å². The zero-order valence-corrected chi connectivity index (χ0v) is 28.7. The Bertz CT molecular complexity index is 3440. The number of fused-ring (bicyclic) bond motifs is 16. The summed E-state index contributed by atoms with van der Waals surface area (Å²) < 4.78 is 6.16. The highest BCUT2D eigenvalue weighted by molar-refractivity contribution is 7.27. The van der Waals surface area contributed by atoms with Gasteiger partial charge in [0.15, 0.2) is 0 Å². The molecule has 5 heteroatoms. The summed E-state index contributed by atoms with van der Waals surface area (Å²) in [5.74, 6) is 0.693. The molecule has 0 saturated carbocycles. The standard InChI is InChI=1S/C46H25N3S2/c1-2-14-27-26(13-1)25-35(29-16-4-3-15-28(27)29)42-40-34-21-9-12-24-38(34)51-45(40)48-46(47-42)49-36-22-10-7-19-32(36)41-43(49)31-18-6-5-17-30(31)39-33-20-8-11-23-37(33)50-44(39)41/h1-25H. The van der Waals surface area contributed by atoms with Gasteiger partial charge in [0.25, 0.3) is 0 Å². The van der Waals surface area contributed by atoms with Gasteiger partial charge in [0.1, 0.15) is 4.83 Å². The van der Waals surface area contributed by atoms with Gasteiger partial charge in [-0.15, -0.1) is 22.7 Å². The number of aromatic nitrogens is 3. The van der Waals surface area contributed by atoms with Crippen molar-refractivity contribution in [2.45, 2.75) is 0 Å². The molecule has 0 saturated heterocycles. The minimum atomic E-state index is 0.693. The van der Waals surface area contributed by atoms with Crippen molar-refractivity contribution in [2.75, 3.05) is 0 Å². The molecular weight excluding hydrogens is 659 g/mol. The molecule has 0 aliphatic heterocycles. The number of nitrogens with zero attached hydrogens (tertiary/aromatic N) is 3. The number of benzene rings is 8. The van der Waals surface area contributed by atoms with Crippen LogP contribution in [0.25, 0.3) is 112 Å². The van der Waals surface area contributed by atoms with E-state index in [0.29, 0.717) is 5.95 Å². The monoisotopic (exact) mass is 683 g/mol. The number of para-hydroxylation sites is 1. The Morgan fingerprint density at radius 2 is 1.02 bits per heavy atom. The minimum Gasteiger partial charge on any atom is -0.277 e. The lowest BCUT2D eigenvalue weighted by atomic mass is 9.94. The predicted octanol–water partition coefficient (Wildman–Crippen LogP) is 13.4. The van der Waals surface area contributed by atoms with Crippen molar-refractivity contribution in [2.24, 2.45) is 0 Å². The molecule has 12 aromatic rings. The topological polar surface area (TPSA) is 30.7 Å². The van der Waals surface area contributed by atoms with Gasteiger partial charge in [-0.05, 0) is 51.2 Å². The fraction of sp³-hybridized carbons (Fsp3) is 0. The lowest BCUT2D eigenvalue weighted by molar-refractivity contribution is 1.02. The van der Waals surface area contributed by atoms with E-state index in [1.807, 2.05) is 11.3 Å². The van der Waals surface area contributed by atoms with E-state index in [2.05, 4.69) is 156 Å². The van der Waals surface area contributed by atoms with Gasteiger partial charge in [0.05, 0.1) is 16.7 Å². The predicted molar refractivity (Wildman–Crippen MR) is 220 cm³/mol. The Balaban J connectivity index is 1.30. The Morgan fingerprint density at radius 3 is 1.82 bits per heavy atom. The fourth-order valence-corrected chi connectivity index (χ4v) is 10.8. The molecule has 3 nitrogen and oxygen atoms in total. The van der Waals surface area contributed by atoms with Crippen molar-refractivity contribution < 1.29 is 0 Å². The number of rotatable bonds is 2. The van der Waals surface area contributed by atoms with Crippen LogP contribution in [0.5, 0.6) is 0 Å². The summed E-state index contributed by atoms with van der Waals surface area (Å²) in [6, 6.07) is 54.9. The van der Waals surface area contributed by atoms with Crippen LogP contribution < -0.4 is 0 Å². The highest BCUT2D eigenvalue weighted by Crippen LogP contribution is 2.49. The van der Waals surface area contributed by atoms with Crippen LogP contribution in [0, 0.1) is 0 Å². The molecule has 0 atom stereocenters. The molecule has 0 N–H and O–H groups in total. The summed E-state index contributed by atoms with van der Waals surface area (Å²) in [6.45, 7) is 0. The van der Waals surface area contributed by atoms with Gasteiger partial charge in [-0.2, -0.15) is 0 Å². The van der Waals surface area contributed by atoms with E-state index in [9.17, 15) is 0 Å². The van der Waals surface area contributed by atoms with E-state index < -0.39 is 0 Å². The number of hydrogen-bond acceptors (Lipinski definition) is 4. The van der Waals surface area contributed by atoms with E-state index in [-0.39, 0.29) is 0 Å². The molecule has 0 aliphatic rings. The molecule has 0 bridgehead atoms. The third-order valence-electron chi connectivity index (χ3n) is 10.6. The van der Waals surface area contributed by atoms with Crippen molar-refractivity contribution in [3.05, 3.63) is 152 Å². The zero-order chi connectivity index (χ0) is 33.2. The highest BCUT2D eigenvalue weighted by atomic mass is 32.1. The molecule has 0 aliphatic carbocycles. The maximum absolute atomic E-state index is 5.68. The summed E-state index contributed by atoms with van der Waals surface area (Å²) in [5.41, 5.74) is 4.35. The summed E-state index contributed by atoms with van der Waals surface area (Å²) in [5, 5.41) is 14.7. The molecule has 0 unspecified atom stereocenters. The number of hydrogen-bond donors (Lipinski definition) is 0. The average Bonchev–Trinajstić information content (AvgIpc) is 3.87. The van der Waals surface area contributed by atoms with Crippen molar-refractivity contribution in [1.82, 2.24) is 14.5 Å². The van der Waals surface area contributed by atoms with Gasteiger partial charge in [-0.25, -0.2) is 9.97 Å². The molecular formula is C46H25N3S2. The third kappa shape index (κ3) is 3.71. The second-order valence-electron chi connectivity index (χ2n) is 13.3. The van der Waals surface area contributed by atoms with Crippen LogP contribution in [0.4, 0.5) is 0 Å². The maximum Gasteiger partial charge on any atom is 0.236 e. The third-order valence-corrected chi connectivity index (χ3v) is 12.9. The normalized spacial score (nSPS) is 12.3. The molecule has 236 valence electrons. The summed E-state index contributed by atoms with van der Waals surface area (Å²) in [6.07, 6.45) is 0. The lowest BCUT2D eigenvalue weighted by Crippen LogP contribution is -2.03. The number of thiophene rings is 2. The molecule has 0 radical (unpaired) electrons. The molecule has 8 aromatic carbocycles. The quantitative estimate of drug-likeness (QED) is 0.170.